The molecule has 122 valence electrons. The van der Waals surface area contributed by atoms with Gasteiger partial charge in [-0.3, -0.25) is 4.79 Å². The summed E-state index contributed by atoms with van der Waals surface area (Å²) in [5.41, 5.74) is -0.120. The summed E-state index contributed by atoms with van der Waals surface area (Å²) in [4.78, 5) is 14.4. The van der Waals surface area contributed by atoms with Gasteiger partial charge in [-0.05, 0) is 24.4 Å². The zero-order valence-corrected chi connectivity index (χ0v) is 13.0. The highest BCUT2D eigenvalue weighted by molar-refractivity contribution is 5.91. The highest BCUT2D eigenvalue weighted by atomic mass is 16.5. The van der Waals surface area contributed by atoms with E-state index in [4.69, 9.17) is 18.7 Å². The monoisotopic (exact) mass is 310 g/mol. The molecule has 2 fully saturated rings. The van der Waals surface area contributed by atoms with Crippen LogP contribution in [-0.2, 0) is 9.47 Å². The fraction of sp³-hybridized carbons (Fsp3) is 0.733. The first-order valence-corrected chi connectivity index (χ1v) is 7.59. The Morgan fingerprint density at radius 3 is 3.14 bits per heavy atom. The number of methoxy groups -OCH3 is 2. The zero-order chi connectivity index (χ0) is 15.6. The van der Waals surface area contributed by atoms with Gasteiger partial charge in [-0.15, -0.1) is 0 Å². The molecule has 1 aromatic rings. The van der Waals surface area contributed by atoms with Crippen molar-refractivity contribution in [3.63, 3.8) is 0 Å². The van der Waals surface area contributed by atoms with Crippen molar-refractivity contribution in [2.75, 3.05) is 40.5 Å². The van der Waals surface area contributed by atoms with E-state index in [0.29, 0.717) is 25.6 Å². The average Bonchev–Trinajstić information content (AvgIpc) is 3.02. The summed E-state index contributed by atoms with van der Waals surface area (Å²) in [6.45, 7) is 2.66. The summed E-state index contributed by atoms with van der Waals surface area (Å²) in [5.74, 6) is 0.362. The number of aromatic nitrogens is 1. The van der Waals surface area contributed by atoms with Crippen LogP contribution in [0.5, 0.6) is 5.88 Å². The molecule has 3 heterocycles. The maximum atomic E-state index is 12.6. The molecule has 1 aromatic heterocycles. The number of fused-ring (bicyclic) bond motifs is 1. The Bertz CT molecular complexity index is 528. The second-order valence-electron chi connectivity index (χ2n) is 6.01. The Balaban J connectivity index is 1.76. The van der Waals surface area contributed by atoms with Crippen LogP contribution in [-0.4, -0.2) is 62.6 Å². The Morgan fingerprint density at radius 2 is 2.41 bits per heavy atom. The third-order valence-electron chi connectivity index (χ3n) is 4.62. The number of nitrogens with zero attached hydrogens (tertiary/aromatic N) is 2. The summed E-state index contributed by atoms with van der Waals surface area (Å²) in [5, 5.41) is 3.69. The van der Waals surface area contributed by atoms with Crippen LogP contribution in [0.15, 0.2) is 10.6 Å². The van der Waals surface area contributed by atoms with Crippen LogP contribution in [0.4, 0.5) is 0 Å². The van der Waals surface area contributed by atoms with E-state index in [2.05, 4.69) is 5.16 Å². The lowest BCUT2D eigenvalue weighted by atomic mass is 9.73. The summed E-state index contributed by atoms with van der Waals surface area (Å²) < 4.78 is 21.4. The normalized spacial score (nSPS) is 28.3. The van der Waals surface area contributed by atoms with Crippen molar-refractivity contribution in [2.45, 2.75) is 25.4 Å². The van der Waals surface area contributed by atoms with E-state index in [1.165, 1.54) is 13.2 Å². The third-order valence-corrected chi connectivity index (χ3v) is 4.62. The maximum absolute atomic E-state index is 12.6. The molecule has 2 unspecified atom stereocenters. The topological polar surface area (TPSA) is 74.0 Å². The smallest absolute Gasteiger partial charge is 0.292 e. The van der Waals surface area contributed by atoms with Gasteiger partial charge < -0.3 is 23.6 Å². The first kappa shape index (κ1) is 15.3. The first-order valence-electron chi connectivity index (χ1n) is 7.59. The lowest BCUT2D eigenvalue weighted by Gasteiger charge is -2.49. The van der Waals surface area contributed by atoms with Crippen LogP contribution in [0.1, 0.15) is 29.8 Å². The highest BCUT2D eigenvalue weighted by Crippen LogP contribution is 2.40. The predicted molar refractivity (Wildman–Crippen MR) is 76.9 cm³/mol. The molecule has 22 heavy (non-hydrogen) atoms. The molecule has 2 aliphatic rings. The minimum Gasteiger partial charge on any atom is -0.479 e. The summed E-state index contributed by atoms with van der Waals surface area (Å²) in [6, 6.07) is 1.52. The highest BCUT2D eigenvalue weighted by Gasteiger charge is 2.47. The van der Waals surface area contributed by atoms with Gasteiger partial charge in [0.25, 0.3) is 11.8 Å². The van der Waals surface area contributed by atoms with Gasteiger partial charge in [-0.2, -0.15) is 0 Å². The van der Waals surface area contributed by atoms with Crippen LogP contribution in [0, 0.1) is 5.41 Å². The van der Waals surface area contributed by atoms with Gasteiger partial charge in [0, 0.05) is 32.2 Å². The van der Waals surface area contributed by atoms with Crippen LogP contribution < -0.4 is 4.74 Å². The molecule has 1 amide bonds. The van der Waals surface area contributed by atoms with Crippen LogP contribution in [0.3, 0.4) is 0 Å². The summed E-state index contributed by atoms with van der Waals surface area (Å²) in [7, 11) is 3.19. The maximum Gasteiger partial charge on any atom is 0.292 e. The molecule has 0 aliphatic carbocycles. The van der Waals surface area contributed by atoms with Crippen LogP contribution >= 0.6 is 0 Å². The second-order valence-corrected chi connectivity index (χ2v) is 6.01. The molecule has 2 aliphatic heterocycles. The van der Waals surface area contributed by atoms with Crippen molar-refractivity contribution >= 4 is 5.91 Å². The van der Waals surface area contributed by atoms with Gasteiger partial charge in [0.05, 0.1) is 25.9 Å². The van der Waals surface area contributed by atoms with Crippen molar-refractivity contribution in [2.24, 2.45) is 5.41 Å². The molecule has 0 spiro atoms. The number of hydrogen-bond acceptors (Lipinski definition) is 6. The van der Waals surface area contributed by atoms with E-state index in [9.17, 15) is 4.79 Å². The Morgan fingerprint density at radius 1 is 1.55 bits per heavy atom. The molecule has 2 atom stereocenters. The third kappa shape index (κ3) is 2.70. The Labute approximate surface area is 129 Å². The lowest BCUT2D eigenvalue weighted by molar-refractivity contribution is -0.142. The van der Waals surface area contributed by atoms with Crippen molar-refractivity contribution in [1.29, 1.82) is 0 Å². The molecule has 7 heteroatoms. The van der Waals surface area contributed by atoms with E-state index in [0.717, 1.165) is 25.9 Å². The number of likely N-dealkylation sites (tertiary alicyclic amines) is 1. The van der Waals surface area contributed by atoms with Crippen molar-refractivity contribution in [1.82, 2.24) is 10.1 Å². The zero-order valence-electron chi connectivity index (χ0n) is 13.0. The van der Waals surface area contributed by atoms with Gasteiger partial charge in [0.1, 0.15) is 0 Å². The molecule has 7 nitrogen and oxygen atoms in total. The SMILES string of the molecule is COCC12CCCOC1CCN(C(=O)c1cc(OC)no1)C2. The first-order chi connectivity index (χ1) is 10.7. The molecule has 0 saturated carbocycles. The number of amides is 1. The number of piperidine rings is 1. The molecule has 0 N–H and O–H groups in total. The summed E-state index contributed by atoms with van der Waals surface area (Å²) >= 11 is 0. The van der Waals surface area contributed by atoms with Crippen molar-refractivity contribution < 1.29 is 23.5 Å². The number of rotatable bonds is 4. The fourth-order valence-corrected chi connectivity index (χ4v) is 3.57. The molecule has 0 aromatic carbocycles. The van der Waals surface area contributed by atoms with Gasteiger partial charge in [0.2, 0.25) is 5.76 Å². The largest absolute Gasteiger partial charge is 0.479 e. The average molecular weight is 310 g/mol. The lowest BCUT2D eigenvalue weighted by Crippen LogP contribution is -2.58. The van der Waals surface area contributed by atoms with E-state index in [1.807, 2.05) is 4.90 Å². The van der Waals surface area contributed by atoms with Crippen LogP contribution in [0.25, 0.3) is 0 Å². The minimum absolute atomic E-state index is 0.120. The van der Waals surface area contributed by atoms with E-state index in [1.54, 1.807) is 7.11 Å². The van der Waals surface area contributed by atoms with E-state index >= 15 is 0 Å². The molecular formula is C15H22N2O5. The molecule has 0 radical (unpaired) electrons. The fourth-order valence-electron chi connectivity index (χ4n) is 3.57. The van der Waals surface area contributed by atoms with Gasteiger partial charge in [-0.1, -0.05) is 0 Å². The number of carbonyl (C=O) groups is 1. The van der Waals surface area contributed by atoms with E-state index < -0.39 is 0 Å². The quantitative estimate of drug-likeness (QED) is 0.835. The van der Waals surface area contributed by atoms with Crippen molar-refractivity contribution in [3.05, 3.63) is 11.8 Å². The second kappa shape index (κ2) is 6.26. The van der Waals surface area contributed by atoms with E-state index in [-0.39, 0.29) is 23.2 Å². The Hall–Kier alpha value is -1.60. The summed E-state index contributed by atoms with van der Waals surface area (Å²) in [6.07, 6.45) is 2.99. The minimum atomic E-state index is -0.157. The Kier molecular flexibility index (Phi) is 4.35. The standard InChI is InChI=1S/C15H22N2O5/c1-19-10-15-5-3-7-21-12(15)4-6-17(9-15)14(18)11-8-13(20-2)16-22-11/h8,12H,3-7,9-10H2,1-2H3. The van der Waals surface area contributed by atoms with Crippen LogP contribution in [0.2, 0.25) is 0 Å². The predicted octanol–water partition coefficient (Wildman–Crippen LogP) is 1.34. The number of carbonyl (C=O) groups excluding carboxylic acids is 1. The van der Waals surface area contributed by atoms with Gasteiger partial charge in [-0.25, -0.2) is 0 Å². The molecular weight excluding hydrogens is 288 g/mol. The molecule has 0 bridgehead atoms. The number of hydrogen-bond donors (Lipinski definition) is 0. The van der Waals surface area contributed by atoms with Gasteiger partial charge in [0.15, 0.2) is 0 Å². The molecule has 3 rings (SSSR count). The molecule has 2 saturated heterocycles. The van der Waals surface area contributed by atoms with Gasteiger partial charge >= 0.3 is 0 Å². The number of ether oxygens (including phenoxy) is 3. The van der Waals surface area contributed by atoms with Crippen molar-refractivity contribution in [3.8, 4) is 5.88 Å².